The van der Waals surface area contributed by atoms with Gasteiger partial charge in [-0.3, -0.25) is 0 Å². The van der Waals surface area contributed by atoms with Crippen molar-refractivity contribution in [3.05, 3.63) is 62.8 Å². The van der Waals surface area contributed by atoms with Gasteiger partial charge in [0.15, 0.2) is 0 Å². The zero-order chi connectivity index (χ0) is 16.1. The summed E-state index contributed by atoms with van der Waals surface area (Å²) >= 11 is 9.09. The van der Waals surface area contributed by atoms with Crippen LogP contribution in [-0.2, 0) is 11.2 Å². The van der Waals surface area contributed by atoms with E-state index in [0.717, 1.165) is 6.07 Å². The highest BCUT2D eigenvalue weighted by molar-refractivity contribution is 9.10. The molecule has 3 rings (SSSR count). The number of halogens is 3. The summed E-state index contributed by atoms with van der Waals surface area (Å²) in [6, 6.07) is 11.7. The molecule has 6 heteroatoms. The Balaban J connectivity index is 2.31. The molecule has 0 amide bonds. The topological polar surface area (TPSA) is 53.2 Å². The predicted molar refractivity (Wildman–Crippen MR) is 83.0 cm³/mol. The van der Waals surface area contributed by atoms with Crippen LogP contribution in [-0.4, -0.2) is 5.11 Å². The molecule has 0 saturated heterocycles. The molecule has 0 radical (unpaired) electrons. The van der Waals surface area contributed by atoms with Crippen LogP contribution < -0.4 is 4.74 Å². The van der Waals surface area contributed by atoms with E-state index in [1.54, 1.807) is 30.3 Å². The van der Waals surface area contributed by atoms with Gasteiger partial charge in [0.05, 0.1) is 5.02 Å². The zero-order valence-electron chi connectivity index (χ0n) is 11.4. The third-order valence-electron chi connectivity index (χ3n) is 3.90. The fraction of sp³-hybridized carbons (Fsp3) is 0.188. The Labute approximate surface area is 140 Å². The van der Waals surface area contributed by atoms with Crippen LogP contribution in [0.2, 0.25) is 5.02 Å². The molecule has 3 nitrogen and oxygen atoms in total. The van der Waals surface area contributed by atoms with Gasteiger partial charge < -0.3 is 9.84 Å². The van der Waals surface area contributed by atoms with Crippen molar-refractivity contribution in [2.75, 3.05) is 0 Å². The lowest BCUT2D eigenvalue weighted by Crippen LogP contribution is -2.46. The van der Waals surface area contributed by atoms with E-state index in [2.05, 4.69) is 15.9 Å². The second-order valence-corrected chi connectivity index (χ2v) is 6.36. The van der Waals surface area contributed by atoms with Gasteiger partial charge in [-0.15, -0.1) is 0 Å². The molecule has 0 bridgehead atoms. The number of fused-ring (bicyclic) bond motifs is 1. The molecule has 1 N–H and O–H groups in total. The molecule has 0 aromatic heterocycles. The number of ether oxygens (including phenoxy) is 1. The largest absolute Gasteiger partial charge is 0.464 e. The lowest BCUT2D eigenvalue weighted by atomic mass is 9.77. The second-order valence-electron chi connectivity index (χ2n) is 5.19. The predicted octanol–water partition coefficient (Wildman–Crippen LogP) is 4.26. The van der Waals surface area contributed by atoms with Crippen LogP contribution >= 0.6 is 27.5 Å². The normalized spacial score (nSPS) is 26.2. The minimum absolute atomic E-state index is 0.0872. The average molecular weight is 383 g/mol. The first kappa shape index (κ1) is 15.3. The van der Waals surface area contributed by atoms with E-state index in [1.807, 2.05) is 6.07 Å². The van der Waals surface area contributed by atoms with Gasteiger partial charge in [0.25, 0.3) is 5.60 Å². The highest BCUT2D eigenvalue weighted by atomic mass is 79.9. The Hall–Kier alpha value is -1.61. The summed E-state index contributed by atoms with van der Waals surface area (Å²) in [4.78, 5) is 0. The Morgan fingerprint density at radius 3 is 2.59 bits per heavy atom. The van der Waals surface area contributed by atoms with Crippen molar-refractivity contribution in [1.82, 2.24) is 0 Å². The molecule has 1 heterocycles. The number of rotatable bonds is 1. The molecule has 0 aliphatic carbocycles. The van der Waals surface area contributed by atoms with Gasteiger partial charge in [-0.1, -0.05) is 41.9 Å². The minimum Gasteiger partial charge on any atom is -0.464 e. The highest BCUT2D eigenvalue weighted by Gasteiger charge is 2.60. The summed E-state index contributed by atoms with van der Waals surface area (Å²) in [5.41, 5.74) is -2.67. The molecular weight excluding hydrogens is 373 g/mol. The summed E-state index contributed by atoms with van der Waals surface area (Å²) in [7, 11) is 0. The molecule has 22 heavy (non-hydrogen) atoms. The monoisotopic (exact) mass is 381 g/mol. The number of nitrogens with zero attached hydrogens (tertiary/aromatic N) is 1. The number of hydrogen-bond donors (Lipinski definition) is 1. The Morgan fingerprint density at radius 2 is 2.00 bits per heavy atom. The van der Waals surface area contributed by atoms with E-state index in [0.29, 0.717) is 5.56 Å². The summed E-state index contributed by atoms with van der Waals surface area (Å²) in [5, 5.41) is 20.6. The quantitative estimate of drug-likeness (QED) is 0.750. The van der Waals surface area contributed by atoms with Gasteiger partial charge in [-0.25, -0.2) is 4.39 Å². The third kappa shape index (κ3) is 1.81. The molecule has 2 unspecified atom stereocenters. The Morgan fingerprint density at radius 1 is 1.36 bits per heavy atom. The van der Waals surface area contributed by atoms with Crippen molar-refractivity contribution in [2.24, 2.45) is 0 Å². The van der Waals surface area contributed by atoms with Crippen molar-refractivity contribution in [3.8, 4) is 11.8 Å². The zero-order valence-corrected chi connectivity index (χ0v) is 13.7. The van der Waals surface area contributed by atoms with E-state index in [9.17, 15) is 14.8 Å². The standard InChI is InChI=1S/C16H10BrClFNO2/c1-15(21)12-11(7-10(19)14(18)13(12)17)22-16(15,8-20)9-5-3-2-4-6-9/h2-7,21H,1H3. The van der Waals surface area contributed by atoms with Crippen molar-refractivity contribution in [3.63, 3.8) is 0 Å². The first-order chi connectivity index (χ1) is 10.3. The summed E-state index contributed by atoms with van der Waals surface area (Å²) in [5.74, 6) is -0.603. The van der Waals surface area contributed by atoms with Crippen LogP contribution in [0.5, 0.6) is 5.75 Å². The van der Waals surface area contributed by atoms with Gasteiger partial charge >= 0.3 is 0 Å². The summed E-state index contributed by atoms with van der Waals surface area (Å²) < 4.78 is 19.7. The molecular formula is C16H10BrClFNO2. The molecule has 1 aliphatic rings. The maximum absolute atomic E-state index is 13.8. The van der Waals surface area contributed by atoms with Crippen molar-refractivity contribution in [1.29, 1.82) is 5.26 Å². The van der Waals surface area contributed by atoms with E-state index in [1.165, 1.54) is 6.92 Å². The van der Waals surface area contributed by atoms with Gasteiger partial charge in [-0.2, -0.15) is 5.26 Å². The van der Waals surface area contributed by atoms with Gasteiger partial charge in [0, 0.05) is 21.7 Å². The van der Waals surface area contributed by atoms with Crippen molar-refractivity contribution >= 4 is 27.5 Å². The van der Waals surface area contributed by atoms with E-state index >= 15 is 0 Å². The number of hydrogen-bond acceptors (Lipinski definition) is 3. The molecule has 2 aromatic rings. The minimum atomic E-state index is -1.71. The fourth-order valence-corrected chi connectivity index (χ4v) is 3.68. The maximum Gasteiger partial charge on any atom is 0.251 e. The molecule has 0 saturated carbocycles. The first-order valence-electron chi connectivity index (χ1n) is 6.41. The number of aliphatic hydroxyl groups is 1. The Bertz CT molecular complexity index is 804. The van der Waals surface area contributed by atoms with Crippen LogP contribution in [0.15, 0.2) is 40.9 Å². The average Bonchev–Trinajstić information content (AvgIpc) is 2.73. The van der Waals surface area contributed by atoms with Gasteiger partial charge in [-0.05, 0) is 22.9 Å². The van der Waals surface area contributed by atoms with Crippen LogP contribution in [0.4, 0.5) is 4.39 Å². The SMILES string of the molecule is CC1(O)c2c(cc(F)c(Cl)c2Br)OC1(C#N)c1ccccc1. The summed E-state index contributed by atoms with van der Waals surface area (Å²) in [6.07, 6.45) is 0. The van der Waals surface area contributed by atoms with E-state index < -0.39 is 17.0 Å². The van der Waals surface area contributed by atoms with Crippen LogP contribution in [0.25, 0.3) is 0 Å². The van der Waals surface area contributed by atoms with Gasteiger partial charge in [0.2, 0.25) is 0 Å². The van der Waals surface area contributed by atoms with Crippen LogP contribution in [0.1, 0.15) is 18.1 Å². The van der Waals surface area contributed by atoms with E-state index in [-0.39, 0.29) is 20.8 Å². The van der Waals surface area contributed by atoms with Crippen molar-refractivity contribution in [2.45, 2.75) is 18.1 Å². The number of benzene rings is 2. The molecule has 0 fully saturated rings. The lowest BCUT2D eigenvalue weighted by molar-refractivity contribution is -0.0731. The lowest BCUT2D eigenvalue weighted by Gasteiger charge is -2.33. The molecule has 2 atom stereocenters. The molecule has 2 aromatic carbocycles. The van der Waals surface area contributed by atoms with Gasteiger partial charge in [0.1, 0.15) is 23.2 Å². The smallest absolute Gasteiger partial charge is 0.251 e. The molecule has 0 spiro atoms. The van der Waals surface area contributed by atoms with Crippen molar-refractivity contribution < 1.29 is 14.2 Å². The second kappa shape index (κ2) is 4.95. The fourth-order valence-electron chi connectivity index (χ4n) is 2.76. The van der Waals surface area contributed by atoms with Crippen LogP contribution in [0, 0.1) is 17.1 Å². The molecule has 112 valence electrons. The maximum atomic E-state index is 13.8. The van der Waals surface area contributed by atoms with Crippen LogP contribution in [0.3, 0.4) is 0 Å². The Kier molecular flexibility index (Phi) is 3.44. The first-order valence-corrected chi connectivity index (χ1v) is 7.58. The summed E-state index contributed by atoms with van der Waals surface area (Å²) in [6.45, 7) is 1.45. The van der Waals surface area contributed by atoms with E-state index in [4.69, 9.17) is 16.3 Å². The molecule has 1 aliphatic heterocycles. The highest BCUT2D eigenvalue weighted by Crippen LogP contribution is 2.56. The number of nitriles is 1. The third-order valence-corrected chi connectivity index (χ3v) is 5.29.